The molecule has 1 aromatic carbocycles. The maximum absolute atomic E-state index is 12.7. The van der Waals surface area contributed by atoms with Crippen LogP contribution >= 0.6 is 0 Å². The van der Waals surface area contributed by atoms with Crippen LogP contribution in [0.15, 0.2) is 42.6 Å². The fraction of sp³-hybridized carbons (Fsp3) is 0.333. The zero-order valence-electron chi connectivity index (χ0n) is 13.4. The number of carbonyl (C=O) groups is 1. The molecule has 2 aliphatic rings. The maximum atomic E-state index is 12.7. The fourth-order valence-electron chi connectivity index (χ4n) is 3.09. The van der Waals surface area contributed by atoms with Crippen molar-refractivity contribution >= 4 is 11.7 Å². The zero-order valence-corrected chi connectivity index (χ0v) is 13.4. The molecule has 6 nitrogen and oxygen atoms in total. The highest BCUT2D eigenvalue weighted by Crippen LogP contribution is 2.31. The van der Waals surface area contributed by atoms with Crippen LogP contribution in [0.3, 0.4) is 0 Å². The van der Waals surface area contributed by atoms with Crippen molar-refractivity contribution in [3.8, 4) is 11.5 Å². The van der Waals surface area contributed by atoms with Gasteiger partial charge in [0.05, 0.1) is 19.3 Å². The molecule has 3 heterocycles. The molecule has 1 fully saturated rings. The first-order valence-corrected chi connectivity index (χ1v) is 8.22. The fourth-order valence-corrected chi connectivity index (χ4v) is 3.09. The molecule has 0 radical (unpaired) electrons. The molecule has 2 aliphatic heterocycles. The lowest BCUT2D eigenvalue weighted by Gasteiger charge is -2.31. The first-order chi connectivity index (χ1) is 11.8. The number of anilines is 1. The summed E-state index contributed by atoms with van der Waals surface area (Å²) in [6.45, 7) is 4.12. The highest BCUT2D eigenvalue weighted by atomic mass is 16.6. The Kier molecular flexibility index (Phi) is 3.94. The summed E-state index contributed by atoms with van der Waals surface area (Å²) in [6.07, 6.45) is 1.92. The van der Waals surface area contributed by atoms with Crippen molar-refractivity contribution in [3.63, 3.8) is 0 Å². The van der Waals surface area contributed by atoms with Gasteiger partial charge >= 0.3 is 0 Å². The lowest BCUT2D eigenvalue weighted by Crippen LogP contribution is -2.50. The van der Waals surface area contributed by atoms with Crippen molar-refractivity contribution in [2.45, 2.75) is 0 Å². The van der Waals surface area contributed by atoms with Crippen LogP contribution in [0.25, 0.3) is 0 Å². The summed E-state index contributed by atoms with van der Waals surface area (Å²) in [5, 5.41) is 0. The van der Waals surface area contributed by atoms with E-state index < -0.39 is 0 Å². The number of nitrogens with zero attached hydrogens (tertiary/aromatic N) is 2. The van der Waals surface area contributed by atoms with Gasteiger partial charge in [-0.1, -0.05) is 6.07 Å². The Morgan fingerprint density at radius 3 is 2.50 bits per heavy atom. The average molecular weight is 326 g/mol. The lowest BCUT2D eigenvalue weighted by atomic mass is 10.1. The summed E-state index contributed by atoms with van der Waals surface area (Å²) < 4.78 is 11.1. The summed E-state index contributed by atoms with van der Waals surface area (Å²) in [7, 11) is 0. The van der Waals surface area contributed by atoms with Crippen molar-refractivity contribution in [1.29, 1.82) is 0 Å². The third kappa shape index (κ3) is 2.87. The second-order valence-electron chi connectivity index (χ2n) is 5.89. The molecule has 1 N–H and O–H groups in total. The molecule has 2 aromatic rings. The number of hydrogen-bond acceptors (Lipinski definition) is 4. The van der Waals surface area contributed by atoms with Crippen molar-refractivity contribution in [3.05, 3.63) is 48.2 Å². The summed E-state index contributed by atoms with van der Waals surface area (Å²) in [4.78, 5) is 20.1. The molecular weight excluding hydrogens is 306 g/mol. The number of ether oxygens (including phenoxy) is 2. The van der Waals surface area contributed by atoms with Gasteiger partial charge in [-0.3, -0.25) is 9.69 Å². The van der Waals surface area contributed by atoms with Crippen molar-refractivity contribution in [2.24, 2.45) is 0 Å². The molecule has 124 valence electrons. The van der Waals surface area contributed by atoms with Crippen molar-refractivity contribution < 1.29 is 19.3 Å². The van der Waals surface area contributed by atoms with Gasteiger partial charge < -0.3 is 14.4 Å². The molecule has 1 aromatic heterocycles. The Morgan fingerprint density at radius 2 is 1.75 bits per heavy atom. The number of aromatic amines is 1. The van der Waals surface area contributed by atoms with Gasteiger partial charge in [0.1, 0.15) is 26.3 Å². The molecule has 24 heavy (non-hydrogen) atoms. The van der Waals surface area contributed by atoms with Gasteiger partial charge in [0, 0.05) is 11.6 Å². The first kappa shape index (κ1) is 14.8. The zero-order chi connectivity index (χ0) is 16.4. The average Bonchev–Trinajstić information content (AvgIpc) is 2.68. The number of H-pyrrole nitrogens is 1. The van der Waals surface area contributed by atoms with Gasteiger partial charge in [0.15, 0.2) is 11.5 Å². The molecule has 0 bridgehead atoms. The van der Waals surface area contributed by atoms with Gasteiger partial charge in [-0.25, -0.2) is 4.98 Å². The van der Waals surface area contributed by atoms with Crippen LogP contribution in [0.1, 0.15) is 10.4 Å². The number of benzene rings is 1. The molecule has 0 atom stereocenters. The number of fused-ring (bicyclic) bond motifs is 1. The van der Waals surface area contributed by atoms with Crippen LogP contribution in [0, 0.1) is 0 Å². The number of hydrogen-bond donors (Lipinski definition) is 0. The third-order valence-corrected chi connectivity index (χ3v) is 4.39. The predicted molar refractivity (Wildman–Crippen MR) is 88.5 cm³/mol. The molecule has 0 saturated carbocycles. The highest BCUT2D eigenvalue weighted by Gasteiger charge is 2.27. The Labute approximate surface area is 140 Å². The third-order valence-electron chi connectivity index (χ3n) is 4.39. The minimum absolute atomic E-state index is 0.0451. The summed E-state index contributed by atoms with van der Waals surface area (Å²) in [6, 6.07) is 11.4. The predicted octanol–water partition coefficient (Wildman–Crippen LogP) is 1.23. The SMILES string of the molecule is O=C(c1ccc2c(c1)OCCO2)N1CCN(c2cccc[nH+]2)CC1. The Morgan fingerprint density at radius 1 is 0.958 bits per heavy atom. The maximum Gasteiger partial charge on any atom is 0.274 e. The van der Waals surface area contributed by atoms with Gasteiger partial charge in [-0.2, -0.15) is 0 Å². The lowest BCUT2D eigenvalue weighted by molar-refractivity contribution is -0.364. The Hall–Kier alpha value is -2.76. The monoisotopic (exact) mass is 326 g/mol. The van der Waals surface area contributed by atoms with Crippen LogP contribution in [0.5, 0.6) is 11.5 Å². The topological polar surface area (TPSA) is 56.2 Å². The standard InChI is InChI=1S/C18H19N3O3/c22-18(14-4-5-15-16(13-14)24-12-11-23-15)21-9-7-20(8-10-21)17-3-1-2-6-19-17/h1-6,13H,7-12H2/p+1. The molecule has 4 rings (SSSR count). The van der Waals surface area contributed by atoms with Crippen LogP contribution in [0.2, 0.25) is 0 Å². The highest BCUT2D eigenvalue weighted by molar-refractivity contribution is 5.95. The molecule has 1 saturated heterocycles. The molecule has 6 heteroatoms. The first-order valence-electron chi connectivity index (χ1n) is 8.22. The Bertz CT molecular complexity index is 728. The second-order valence-corrected chi connectivity index (χ2v) is 5.89. The van der Waals surface area contributed by atoms with E-state index >= 15 is 0 Å². The summed E-state index contributed by atoms with van der Waals surface area (Å²) in [5.74, 6) is 2.50. The molecular formula is C18H20N3O3+. The smallest absolute Gasteiger partial charge is 0.274 e. The van der Waals surface area contributed by atoms with E-state index in [4.69, 9.17) is 9.47 Å². The quantitative estimate of drug-likeness (QED) is 0.833. The number of amides is 1. The Balaban J connectivity index is 1.43. The number of aromatic nitrogens is 1. The van der Waals surface area contributed by atoms with Crippen molar-refractivity contribution in [1.82, 2.24) is 4.90 Å². The molecule has 1 amide bonds. The number of carbonyl (C=O) groups excluding carboxylic acids is 1. The molecule has 0 unspecified atom stereocenters. The molecule has 0 aliphatic carbocycles. The summed E-state index contributed by atoms with van der Waals surface area (Å²) in [5.41, 5.74) is 0.652. The molecule has 0 spiro atoms. The summed E-state index contributed by atoms with van der Waals surface area (Å²) >= 11 is 0. The van der Waals surface area contributed by atoms with E-state index in [0.717, 1.165) is 18.9 Å². The number of pyridine rings is 1. The van der Waals surface area contributed by atoms with Gasteiger partial charge in [0.25, 0.3) is 11.7 Å². The number of piperazine rings is 1. The minimum atomic E-state index is 0.0451. The van der Waals surface area contributed by atoms with E-state index in [-0.39, 0.29) is 5.91 Å². The minimum Gasteiger partial charge on any atom is -0.486 e. The second kappa shape index (κ2) is 6.39. The van der Waals surface area contributed by atoms with Crippen LogP contribution in [-0.2, 0) is 0 Å². The van der Waals surface area contributed by atoms with Gasteiger partial charge in [0.2, 0.25) is 0 Å². The van der Waals surface area contributed by atoms with Gasteiger partial charge in [-0.05, 0) is 24.3 Å². The normalized spacial score (nSPS) is 16.8. The van der Waals surface area contributed by atoms with Crippen LogP contribution < -0.4 is 19.4 Å². The van der Waals surface area contributed by atoms with Crippen molar-refractivity contribution in [2.75, 3.05) is 44.3 Å². The van der Waals surface area contributed by atoms with E-state index in [2.05, 4.69) is 16.0 Å². The number of rotatable bonds is 2. The largest absolute Gasteiger partial charge is 0.486 e. The van der Waals surface area contributed by atoms with Gasteiger partial charge in [-0.15, -0.1) is 0 Å². The van der Waals surface area contributed by atoms with E-state index in [9.17, 15) is 4.79 Å². The van der Waals surface area contributed by atoms with E-state index in [1.54, 1.807) is 6.07 Å². The van der Waals surface area contributed by atoms with Crippen LogP contribution in [-0.4, -0.2) is 50.2 Å². The van der Waals surface area contributed by atoms with Crippen LogP contribution in [0.4, 0.5) is 5.82 Å². The van der Waals surface area contributed by atoms with E-state index in [1.165, 1.54) is 0 Å². The van der Waals surface area contributed by atoms with E-state index in [0.29, 0.717) is 43.4 Å². The number of nitrogens with one attached hydrogen (secondary N) is 1. The van der Waals surface area contributed by atoms with E-state index in [1.807, 2.05) is 35.4 Å².